The number of aromatic nitrogens is 2. The van der Waals surface area contributed by atoms with Gasteiger partial charge in [0.15, 0.2) is 0 Å². The largest absolute Gasteiger partial charge is 0.349 e. The van der Waals surface area contributed by atoms with E-state index in [0.29, 0.717) is 42.9 Å². The number of rotatable bonds is 4. The van der Waals surface area contributed by atoms with Gasteiger partial charge in [0, 0.05) is 36.3 Å². The Balaban J connectivity index is 1.56. The number of likely N-dealkylation sites (tertiary alicyclic amines) is 1. The first-order valence-electron chi connectivity index (χ1n) is 11.6. The second kappa shape index (κ2) is 9.41. The Morgan fingerprint density at radius 2 is 1.74 bits per heavy atom. The number of benzene rings is 2. The molecule has 1 saturated heterocycles. The quantitative estimate of drug-likeness (QED) is 0.608. The molecule has 0 atom stereocenters. The van der Waals surface area contributed by atoms with Crippen molar-refractivity contribution in [1.29, 1.82) is 0 Å². The number of halogens is 1. The first-order valence-corrected chi connectivity index (χ1v) is 11.6. The third-order valence-corrected chi connectivity index (χ3v) is 6.10. The van der Waals surface area contributed by atoms with E-state index in [9.17, 15) is 14.0 Å². The monoisotopic (exact) mass is 462 g/mol. The summed E-state index contributed by atoms with van der Waals surface area (Å²) in [6.07, 6.45) is 3.11. The average molecular weight is 463 g/mol. The molecule has 2 heterocycles. The molecule has 1 aromatic heterocycles. The second-order valence-corrected chi connectivity index (χ2v) is 9.97. The topological polar surface area (TPSA) is 67.2 Å². The van der Waals surface area contributed by atoms with Gasteiger partial charge in [-0.3, -0.25) is 9.59 Å². The zero-order valence-electron chi connectivity index (χ0n) is 20.1. The number of amides is 2. The number of aryl methyl sites for hydroxylation is 1. The molecule has 34 heavy (non-hydrogen) atoms. The highest BCUT2D eigenvalue weighted by atomic mass is 19.1. The van der Waals surface area contributed by atoms with Crippen LogP contribution in [0.1, 0.15) is 49.5 Å². The van der Waals surface area contributed by atoms with E-state index in [0.717, 1.165) is 11.1 Å². The summed E-state index contributed by atoms with van der Waals surface area (Å²) in [5.74, 6) is -0.394. The predicted octanol–water partition coefficient (Wildman–Crippen LogP) is 4.75. The van der Waals surface area contributed by atoms with Crippen molar-refractivity contribution >= 4 is 11.8 Å². The molecule has 4 rings (SSSR count). The lowest BCUT2D eigenvalue weighted by atomic mass is 9.93. The lowest BCUT2D eigenvalue weighted by Crippen LogP contribution is -2.49. The van der Waals surface area contributed by atoms with Crippen LogP contribution >= 0.6 is 0 Å². The third-order valence-electron chi connectivity index (χ3n) is 6.10. The summed E-state index contributed by atoms with van der Waals surface area (Å²) in [6.45, 7) is 9.02. The molecule has 1 aliphatic rings. The third kappa shape index (κ3) is 5.19. The maximum atomic E-state index is 13.4. The molecule has 3 aromatic rings. The van der Waals surface area contributed by atoms with E-state index in [4.69, 9.17) is 0 Å². The van der Waals surface area contributed by atoms with Crippen molar-refractivity contribution in [3.63, 3.8) is 0 Å². The van der Waals surface area contributed by atoms with Crippen LogP contribution in [0.3, 0.4) is 0 Å². The standard InChI is InChI=1S/C27H31FN4O2/c1-18-6-5-7-19(16-18)24-23(17-32(30-24)22-10-8-20(28)9-11-22)25(33)29-21-12-14-31(15-13-21)26(34)27(2,3)4/h5-11,16-17,21H,12-15H2,1-4H3,(H,29,33). The number of carbonyl (C=O) groups is 2. The second-order valence-electron chi connectivity index (χ2n) is 9.97. The summed E-state index contributed by atoms with van der Waals surface area (Å²) in [7, 11) is 0. The molecule has 0 aliphatic carbocycles. The molecule has 1 aliphatic heterocycles. The molecule has 1 fully saturated rings. The molecule has 6 nitrogen and oxygen atoms in total. The fourth-order valence-electron chi connectivity index (χ4n) is 4.24. The fraction of sp³-hybridized carbons (Fsp3) is 0.370. The summed E-state index contributed by atoms with van der Waals surface area (Å²) in [5.41, 5.74) is 3.21. The van der Waals surface area contributed by atoms with Crippen LogP contribution in [0.2, 0.25) is 0 Å². The van der Waals surface area contributed by atoms with E-state index in [2.05, 4.69) is 10.4 Å². The molecule has 0 bridgehead atoms. The van der Waals surface area contributed by atoms with Gasteiger partial charge in [-0.25, -0.2) is 9.07 Å². The van der Waals surface area contributed by atoms with E-state index in [1.807, 2.05) is 56.9 Å². The van der Waals surface area contributed by atoms with Gasteiger partial charge in [-0.15, -0.1) is 0 Å². The summed E-state index contributed by atoms with van der Waals surface area (Å²) in [6, 6.07) is 13.8. The minimum absolute atomic E-state index is 0.0175. The molecule has 0 spiro atoms. The summed E-state index contributed by atoms with van der Waals surface area (Å²) < 4.78 is 15.0. The molecule has 1 N–H and O–H groups in total. The Morgan fingerprint density at radius 1 is 1.06 bits per heavy atom. The van der Waals surface area contributed by atoms with Gasteiger partial charge < -0.3 is 10.2 Å². The Bertz CT molecular complexity index is 1190. The molecular weight excluding hydrogens is 431 g/mol. The van der Waals surface area contributed by atoms with Crippen LogP contribution in [0.15, 0.2) is 54.7 Å². The Kier molecular flexibility index (Phi) is 6.55. The van der Waals surface area contributed by atoms with Gasteiger partial charge in [0.1, 0.15) is 11.5 Å². The summed E-state index contributed by atoms with van der Waals surface area (Å²) in [4.78, 5) is 27.8. The van der Waals surface area contributed by atoms with Crippen LogP contribution in [-0.4, -0.2) is 45.6 Å². The van der Waals surface area contributed by atoms with Gasteiger partial charge in [0.25, 0.3) is 5.91 Å². The lowest BCUT2D eigenvalue weighted by Gasteiger charge is -2.36. The SMILES string of the molecule is Cc1cccc(-c2nn(-c3ccc(F)cc3)cc2C(=O)NC2CCN(C(=O)C(C)(C)C)CC2)c1. The van der Waals surface area contributed by atoms with E-state index in [1.165, 1.54) is 12.1 Å². The van der Waals surface area contributed by atoms with Crippen molar-refractivity contribution < 1.29 is 14.0 Å². The highest BCUT2D eigenvalue weighted by Gasteiger charge is 2.31. The maximum absolute atomic E-state index is 13.4. The number of carbonyl (C=O) groups excluding carboxylic acids is 2. The molecule has 2 amide bonds. The number of nitrogens with zero attached hydrogens (tertiary/aromatic N) is 3. The van der Waals surface area contributed by atoms with Gasteiger partial charge in [-0.05, 0) is 50.1 Å². The van der Waals surface area contributed by atoms with Crippen molar-refractivity contribution in [2.75, 3.05) is 13.1 Å². The normalized spacial score (nSPS) is 14.8. The van der Waals surface area contributed by atoms with Crippen molar-refractivity contribution in [2.45, 2.75) is 46.6 Å². The highest BCUT2D eigenvalue weighted by molar-refractivity contribution is 6.00. The van der Waals surface area contributed by atoms with Gasteiger partial charge in [0.2, 0.25) is 5.91 Å². The van der Waals surface area contributed by atoms with Crippen molar-refractivity contribution in [1.82, 2.24) is 20.0 Å². The minimum atomic E-state index is -0.409. The van der Waals surface area contributed by atoms with Gasteiger partial charge in [-0.2, -0.15) is 5.10 Å². The van der Waals surface area contributed by atoms with Crippen molar-refractivity contribution in [2.24, 2.45) is 5.41 Å². The number of hydrogen-bond donors (Lipinski definition) is 1. The smallest absolute Gasteiger partial charge is 0.255 e. The molecule has 0 radical (unpaired) electrons. The molecule has 0 unspecified atom stereocenters. The first kappa shape index (κ1) is 23.7. The van der Waals surface area contributed by atoms with Crippen LogP contribution in [0.4, 0.5) is 4.39 Å². The van der Waals surface area contributed by atoms with E-state index < -0.39 is 5.41 Å². The fourth-order valence-corrected chi connectivity index (χ4v) is 4.24. The zero-order valence-corrected chi connectivity index (χ0v) is 20.1. The molecule has 178 valence electrons. The molecular formula is C27H31FN4O2. The maximum Gasteiger partial charge on any atom is 0.255 e. The van der Waals surface area contributed by atoms with E-state index >= 15 is 0 Å². The van der Waals surface area contributed by atoms with Gasteiger partial charge >= 0.3 is 0 Å². The van der Waals surface area contributed by atoms with Crippen molar-refractivity contribution in [3.05, 3.63) is 71.7 Å². The molecule has 0 saturated carbocycles. The first-order chi connectivity index (χ1) is 16.1. The number of hydrogen-bond acceptors (Lipinski definition) is 3. The van der Waals surface area contributed by atoms with Crippen LogP contribution < -0.4 is 5.32 Å². The number of nitrogens with one attached hydrogen (secondary N) is 1. The Labute approximate surface area is 199 Å². The summed E-state index contributed by atoms with van der Waals surface area (Å²) >= 11 is 0. The highest BCUT2D eigenvalue weighted by Crippen LogP contribution is 2.26. The Hall–Kier alpha value is -3.48. The van der Waals surface area contributed by atoms with Crippen LogP contribution in [0.25, 0.3) is 16.9 Å². The zero-order chi connectivity index (χ0) is 24.5. The number of piperidine rings is 1. The summed E-state index contributed by atoms with van der Waals surface area (Å²) in [5, 5.41) is 7.82. The van der Waals surface area contributed by atoms with Crippen LogP contribution in [0, 0.1) is 18.2 Å². The van der Waals surface area contributed by atoms with E-state index in [1.54, 1.807) is 23.0 Å². The Morgan fingerprint density at radius 3 is 2.35 bits per heavy atom. The minimum Gasteiger partial charge on any atom is -0.349 e. The molecule has 7 heteroatoms. The van der Waals surface area contributed by atoms with Gasteiger partial charge in [-0.1, -0.05) is 44.5 Å². The average Bonchev–Trinajstić information content (AvgIpc) is 3.25. The van der Waals surface area contributed by atoms with E-state index in [-0.39, 0.29) is 23.7 Å². The molecule has 2 aromatic carbocycles. The van der Waals surface area contributed by atoms with Crippen molar-refractivity contribution in [3.8, 4) is 16.9 Å². The van der Waals surface area contributed by atoms with Crippen LogP contribution in [0.5, 0.6) is 0 Å². The van der Waals surface area contributed by atoms with Crippen LogP contribution in [-0.2, 0) is 4.79 Å². The lowest BCUT2D eigenvalue weighted by molar-refractivity contribution is -0.140. The van der Waals surface area contributed by atoms with Gasteiger partial charge in [0.05, 0.1) is 11.3 Å². The predicted molar refractivity (Wildman–Crippen MR) is 130 cm³/mol.